The van der Waals surface area contributed by atoms with Crippen molar-refractivity contribution in [2.45, 2.75) is 50.6 Å². The Hall–Kier alpha value is -0.120. The van der Waals surface area contributed by atoms with Gasteiger partial charge in [-0.1, -0.05) is 6.42 Å². The van der Waals surface area contributed by atoms with Crippen LogP contribution in [0, 0.1) is 5.92 Å². The maximum Gasteiger partial charge on any atom is 0.0219 e. The first-order valence-corrected chi connectivity index (χ1v) is 6.93. The van der Waals surface area contributed by atoms with Crippen molar-refractivity contribution >= 4 is 0 Å². The van der Waals surface area contributed by atoms with Crippen LogP contribution in [0.25, 0.3) is 0 Å². The standard InChI is InChI=1S/C13H27N3/c1-16-9-3-4-11(10-16)7-8-15-13-6-2-5-12(13)14/h11-13,15H,2-10,14H2,1H3. The number of rotatable bonds is 4. The molecule has 2 aliphatic rings. The van der Waals surface area contributed by atoms with E-state index in [1.54, 1.807) is 0 Å². The predicted molar refractivity (Wildman–Crippen MR) is 68.5 cm³/mol. The van der Waals surface area contributed by atoms with Crippen LogP contribution in [0.3, 0.4) is 0 Å². The predicted octanol–water partition coefficient (Wildman–Crippen LogP) is 1.19. The number of hydrogen-bond donors (Lipinski definition) is 2. The highest BCUT2D eigenvalue weighted by Crippen LogP contribution is 2.19. The van der Waals surface area contributed by atoms with E-state index in [0.717, 1.165) is 12.5 Å². The molecule has 0 radical (unpaired) electrons. The Morgan fingerprint density at radius 3 is 2.81 bits per heavy atom. The second-order valence-electron chi connectivity index (χ2n) is 5.71. The lowest BCUT2D eigenvalue weighted by atomic mass is 9.95. The minimum absolute atomic E-state index is 0.411. The number of nitrogens with one attached hydrogen (secondary N) is 1. The largest absolute Gasteiger partial charge is 0.326 e. The molecule has 0 spiro atoms. The molecule has 1 saturated heterocycles. The summed E-state index contributed by atoms with van der Waals surface area (Å²) in [7, 11) is 2.24. The van der Waals surface area contributed by atoms with E-state index >= 15 is 0 Å². The van der Waals surface area contributed by atoms with Crippen molar-refractivity contribution in [3.63, 3.8) is 0 Å². The van der Waals surface area contributed by atoms with Crippen LogP contribution in [0.15, 0.2) is 0 Å². The van der Waals surface area contributed by atoms with E-state index in [9.17, 15) is 0 Å². The van der Waals surface area contributed by atoms with Crippen LogP contribution in [-0.2, 0) is 0 Å². The second kappa shape index (κ2) is 5.99. The Kier molecular flexibility index (Phi) is 4.62. The molecule has 2 rings (SSSR count). The molecule has 94 valence electrons. The smallest absolute Gasteiger partial charge is 0.0219 e. The average Bonchev–Trinajstić information content (AvgIpc) is 2.65. The van der Waals surface area contributed by atoms with Gasteiger partial charge < -0.3 is 16.0 Å². The zero-order valence-electron chi connectivity index (χ0n) is 10.6. The van der Waals surface area contributed by atoms with Crippen LogP contribution in [0.4, 0.5) is 0 Å². The zero-order valence-corrected chi connectivity index (χ0v) is 10.6. The molecule has 0 amide bonds. The number of likely N-dealkylation sites (tertiary alicyclic amines) is 1. The van der Waals surface area contributed by atoms with Crippen LogP contribution in [0.2, 0.25) is 0 Å². The molecule has 2 fully saturated rings. The second-order valence-corrected chi connectivity index (χ2v) is 5.71. The fraction of sp³-hybridized carbons (Fsp3) is 1.00. The number of nitrogens with zero attached hydrogens (tertiary/aromatic N) is 1. The molecular formula is C13H27N3. The lowest BCUT2D eigenvalue weighted by Gasteiger charge is -2.30. The van der Waals surface area contributed by atoms with Gasteiger partial charge in [-0.3, -0.25) is 0 Å². The maximum absolute atomic E-state index is 6.05. The summed E-state index contributed by atoms with van der Waals surface area (Å²) in [6.07, 6.45) is 7.93. The zero-order chi connectivity index (χ0) is 11.4. The van der Waals surface area contributed by atoms with Crippen LogP contribution < -0.4 is 11.1 Å². The molecule has 16 heavy (non-hydrogen) atoms. The van der Waals surface area contributed by atoms with E-state index in [0.29, 0.717) is 12.1 Å². The first-order chi connectivity index (χ1) is 7.75. The molecule has 1 aliphatic heterocycles. The third-order valence-electron chi connectivity index (χ3n) is 4.25. The van der Waals surface area contributed by atoms with Crippen molar-refractivity contribution in [3.05, 3.63) is 0 Å². The van der Waals surface area contributed by atoms with E-state index < -0.39 is 0 Å². The molecule has 1 aliphatic carbocycles. The number of nitrogens with two attached hydrogens (primary N) is 1. The Labute approximate surface area is 99.8 Å². The fourth-order valence-electron chi connectivity index (χ4n) is 3.22. The van der Waals surface area contributed by atoms with Crippen molar-refractivity contribution in [3.8, 4) is 0 Å². The quantitative estimate of drug-likeness (QED) is 0.755. The van der Waals surface area contributed by atoms with Crippen LogP contribution in [0.5, 0.6) is 0 Å². The Balaban J connectivity index is 1.60. The van der Waals surface area contributed by atoms with Gasteiger partial charge in [0.1, 0.15) is 0 Å². The Morgan fingerprint density at radius 1 is 1.25 bits per heavy atom. The Morgan fingerprint density at radius 2 is 2.12 bits per heavy atom. The van der Waals surface area contributed by atoms with Gasteiger partial charge in [0.25, 0.3) is 0 Å². The fourth-order valence-corrected chi connectivity index (χ4v) is 3.22. The molecule has 3 unspecified atom stereocenters. The molecule has 0 aromatic rings. The van der Waals surface area contributed by atoms with Crippen LogP contribution >= 0.6 is 0 Å². The SMILES string of the molecule is CN1CCCC(CCNC2CCCC2N)C1. The molecular weight excluding hydrogens is 198 g/mol. The van der Waals surface area contributed by atoms with E-state index in [1.165, 1.54) is 51.6 Å². The molecule has 3 heteroatoms. The van der Waals surface area contributed by atoms with Crippen LogP contribution in [0.1, 0.15) is 38.5 Å². The van der Waals surface area contributed by atoms with Gasteiger partial charge in [-0.2, -0.15) is 0 Å². The van der Waals surface area contributed by atoms with Crippen molar-refractivity contribution in [1.29, 1.82) is 0 Å². The van der Waals surface area contributed by atoms with Gasteiger partial charge in [-0.05, 0) is 58.2 Å². The molecule has 3 atom stereocenters. The summed E-state index contributed by atoms with van der Waals surface area (Å²) in [6, 6.07) is 1.01. The highest BCUT2D eigenvalue weighted by molar-refractivity contribution is 4.86. The molecule has 3 N–H and O–H groups in total. The maximum atomic E-state index is 6.05. The van der Waals surface area contributed by atoms with Gasteiger partial charge in [0.2, 0.25) is 0 Å². The van der Waals surface area contributed by atoms with Gasteiger partial charge in [0.05, 0.1) is 0 Å². The molecule has 0 aromatic carbocycles. The van der Waals surface area contributed by atoms with E-state index in [1.807, 2.05) is 0 Å². The highest BCUT2D eigenvalue weighted by Gasteiger charge is 2.23. The molecule has 1 saturated carbocycles. The molecule has 1 heterocycles. The third-order valence-corrected chi connectivity index (χ3v) is 4.25. The third kappa shape index (κ3) is 3.44. The molecule has 0 aromatic heterocycles. The summed E-state index contributed by atoms with van der Waals surface area (Å²) in [6.45, 7) is 3.74. The summed E-state index contributed by atoms with van der Waals surface area (Å²) >= 11 is 0. The van der Waals surface area contributed by atoms with Crippen molar-refractivity contribution < 1.29 is 0 Å². The first kappa shape index (κ1) is 12.3. The molecule has 3 nitrogen and oxygen atoms in total. The van der Waals surface area contributed by atoms with E-state index in [2.05, 4.69) is 17.3 Å². The van der Waals surface area contributed by atoms with Gasteiger partial charge in [0, 0.05) is 18.6 Å². The summed E-state index contributed by atoms with van der Waals surface area (Å²) in [5, 5.41) is 3.65. The van der Waals surface area contributed by atoms with E-state index in [4.69, 9.17) is 5.73 Å². The summed E-state index contributed by atoms with van der Waals surface area (Å²) in [5.74, 6) is 0.906. The average molecular weight is 225 g/mol. The minimum Gasteiger partial charge on any atom is -0.326 e. The topological polar surface area (TPSA) is 41.3 Å². The van der Waals surface area contributed by atoms with Crippen molar-refractivity contribution in [1.82, 2.24) is 10.2 Å². The normalized spacial score (nSPS) is 36.8. The van der Waals surface area contributed by atoms with Crippen molar-refractivity contribution in [2.24, 2.45) is 11.7 Å². The van der Waals surface area contributed by atoms with Crippen LogP contribution in [-0.4, -0.2) is 43.7 Å². The van der Waals surface area contributed by atoms with Gasteiger partial charge in [-0.15, -0.1) is 0 Å². The highest BCUT2D eigenvalue weighted by atomic mass is 15.1. The minimum atomic E-state index is 0.411. The summed E-state index contributed by atoms with van der Waals surface area (Å²) < 4.78 is 0. The number of piperidine rings is 1. The van der Waals surface area contributed by atoms with E-state index in [-0.39, 0.29) is 0 Å². The van der Waals surface area contributed by atoms with Gasteiger partial charge >= 0.3 is 0 Å². The Bertz CT molecular complexity index is 207. The monoisotopic (exact) mass is 225 g/mol. The van der Waals surface area contributed by atoms with Crippen molar-refractivity contribution in [2.75, 3.05) is 26.7 Å². The summed E-state index contributed by atoms with van der Waals surface area (Å²) in [4.78, 5) is 2.47. The van der Waals surface area contributed by atoms with Gasteiger partial charge in [-0.25, -0.2) is 0 Å². The molecule has 0 bridgehead atoms. The van der Waals surface area contributed by atoms with Gasteiger partial charge in [0.15, 0.2) is 0 Å². The number of hydrogen-bond acceptors (Lipinski definition) is 3. The lowest BCUT2D eigenvalue weighted by Crippen LogP contribution is -2.42. The first-order valence-electron chi connectivity index (χ1n) is 6.93. The lowest BCUT2D eigenvalue weighted by molar-refractivity contribution is 0.200. The summed E-state index contributed by atoms with van der Waals surface area (Å²) in [5.41, 5.74) is 6.05.